The van der Waals surface area contributed by atoms with Crippen molar-refractivity contribution in [2.75, 3.05) is 26.4 Å². The number of terminal acetylenes is 1. The molecule has 1 unspecified atom stereocenters. The fourth-order valence-corrected chi connectivity index (χ4v) is 3.65. The predicted molar refractivity (Wildman–Crippen MR) is 120 cm³/mol. The Morgan fingerprint density at radius 3 is 2.56 bits per heavy atom. The first kappa shape index (κ1) is 23.3. The van der Waals surface area contributed by atoms with E-state index in [0.717, 1.165) is 24.8 Å². The van der Waals surface area contributed by atoms with Crippen molar-refractivity contribution < 1.29 is 19.1 Å². The zero-order chi connectivity index (χ0) is 22.9. The van der Waals surface area contributed by atoms with Crippen LogP contribution in [0, 0.1) is 24.2 Å². The average molecular weight is 437 g/mol. The fourth-order valence-electron chi connectivity index (χ4n) is 3.65. The molecule has 2 heterocycles. The molecular weight excluding hydrogens is 410 g/mol. The Kier molecular flexibility index (Phi) is 8.27. The monoisotopic (exact) mass is 437 g/mol. The molecule has 0 spiro atoms. The van der Waals surface area contributed by atoms with E-state index >= 15 is 0 Å². The highest BCUT2D eigenvalue weighted by molar-refractivity contribution is 6.00. The van der Waals surface area contributed by atoms with E-state index in [2.05, 4.69) is 23.1 Å². The summed E-state index contributed by atoms with van der Waals surface area (Å²) in [6.07, 6.45) is 8.52. The van der Waals surface area contributed by atoms with E-state index in [-0.39, 0.29) is 18.0 Å². The normalized spacial score (nSPS) is 15.8. The number of carbonyl (C=O) groups is 2. The minimum Gasteiger partial charge on any atom is -0.369 e. The maximum Gasteiger partial charge on any atom is 0.329 e. The van der Waals surface area contributed by atoms with Crippen LogP contribution >= 0.6 is 0 Å². The molecule has 0 aliphatic carbocycles. The topological polar surface area (TPSA) is 91.6 Å². The number of hydrogen-bond donors (Lipinski definition) is 1. The number of aryl methyl sites for hydroxylation is 1. The number of imide groups is 1. The first-order valence-corrected chi connectivity index (χ1v) is 10.7. The van der Waals surface area contributed by atoms with E-state index in [0.29, 0.717) is 43.9 Å². The number of benzene rings is 1. The summed E-state index contributed by atoms with van der Waals surface area (Å²) >= 11 is 0. The number of imidazole rings is 1. The first-order chi connectivity index (χ1) is 15.5. The van der Waals surface area contributed by atoms with Crippen LogP contribution in [0.2, 0.25) is 0 Å². The van der Waals surface area contributed by atoms with E-state index < -0.39 is 11.9 Å². The van der Waals surface area contributed by atoms with Crippen LogP contribution in [0.3, 0.4) is 0 Å². The molecule has 0 bridgehead atoms. The van der Waals surface area contributed by atoms with Crippen molar-refractivity contribution in [3.05, 3.63) is 34.2 Å². The molecule has 1 aliphatic heterocycles. The zero-order valence-electron chi connectivity index (χ0n) is 18.2. The zero-order valence-corrected chi connectivity index (χ0v) is 18.2. The van der Waals surface area contributed by atoms with Crippen LogP contribution in [0.15, 0.2) is 23.0 Å². The van der Waals surface area contributed by atoms with Gasteiger partial charge in [-0.2, -0.15) is 0 Å². The summed E-state index contributed by atoms with van der Waals surface area (Å²) in [6.45, 7) is 1.97. The number of nitrogens with one attached hydrogen (secondary N) is 1. The maximum atomic E-state index is 12.8. The van der Waals surface area contributed by atoms with Gasteiger partial charge in [0, 0.05) is 32.2 Å². The fraction of sp³-hybridized carbons (Fsp3) is 0.458. The highest BCUT2D eigenvalue weighted by Crippen LogP contribution is 2.23. The van der Waals surface area contributed by atoms with Crippen LogP contribution in [0.4, 0.5) is 0 Å². The van der Waals surface area contributed by atoms with Gasteiger partial charge in [-0.1, -0.05) is 17.8 Å². The number of nitrogens with zero attached hydrogens (tertiary/aromatic N) is 2. The van der Waals surface area contributed by atoms with Crippen LogP contribution < -0.4 is 11.0 Å². The van der Waals surface area contributed by atoms with Crippen LogP contribution in [-0.4, -0.2) is 47.4 Å². The SMILES string of the molecule is C#CCOCCCCCOCC#Cc1ccc2c(c1)n(C)c(=O)n2C1CCC(=O)NC1=O. The summed E-state index contributed by atoms with van der Waals surface area (Å²) in [5.41, 5.74) is 1.77. The number of piperidine rings is 1. The van der Waals surface area contributed by atoms with E-state index in [1.165, 1.54) is 9.13 Å². The highest BCUT2D eigenvalue weighted by atomic mass is 16.5. The Labute approximate surface area is 186 Å². The van der Waals surface area contributed by atoms with Gasteiger partial charge in [0.2, 0.25) is 11.8 Å². The lowest BCUT2D eigenvalue weighted by atomic mass is 10.1. The van der Waals surface area contributed by atoms with Gasteiger partial charge >= 0.3 is 5.69 Å². The smallest absolute Gasteiger partial charge is 0.329 e. The molecule has 3 rings (SSSR count). The van der Waals surface area contributed by atoms with Gasteiger partial charge < -0.3 is 9.47 Å². The standard InChI is InChI=1S/C24H27N3O5/c1-3-13-31-14-5-4-6-15-32-16-7-8-18-9-10-19-21(17-18)26(2)24(30)27(19)20-11-12-22(28)25-23(20)29/h1,9-10,17,20H,4-6,11-16H2,2H3,(H,25,28,29). The van der Waals surface area contributed by atoms with Crippen molar-refractivity contribution in [3.8, 4) is 24.2 Å². The lowest BCUT2D eigenvalue weighted by Crippen LogP contribution is -2.44. The van der Waals surface area contributed by atoms with Crippen LogP contribution in [0.1, 0.15) is 43.7 Å². The number of rotatable bonds is 9. The molecule has 1 aromatic carbocycles. The lowest BCUT2D eigenvalue weighted by Gasteiger charge is -2.21. The molecule has 2 aromatic rings. The van der Waals surface area contributed by atoms with E-state index in [9.17, 15) is 14.4 Å². The van der Waals surface area contributed by atoms with Gasteiger partial charge in [-0.05, 0) is 43.9 Å². The Hall–Kier alpha value is -3.33. The summed E-state index contributed by atoms with van der Waals surface area (Å²) in [6, 6.07) is 4.72. The quantitative estimate of drug-likeness (QED) is 0.365. The number of unbranched alkanes of at least 4 members (excludes halogenated alkanes) is 2. The van der Waals surface area contributed by atoms with E-state index in [1.807, 2.05) is 12.1 Å². The van der Waals surface area contributed by atoms with Gasteiger partial charge in [0.1, 0.15) is 19.3 Å². The molecular formula is C24H27N3O5. The molecule has 8 heteroatoms. The van der Waals surface area contributed by atoms with Crippen molar-refractivity contribution in [2.45, 2.75) is 38.1 Å². The Morgan fingerprint density at radius 2 is 1.84 bits per heavy atom. The van der Waals surface area contributed by atoms with Gasteiger partial charge in [0.25, 0.3) is 0 Å². The summed E-state index contributed by atoms with van der Waals surface area (Å²) in [7, 11) is 1.66. The van der Waals surface area contributed by atoms with Crippen molar-refractivity contribution >= 4 is 22.8 Å². The van der Waals surface area contributed by atoms with E-state index in [1.54, 1.807) is 13.1 Å². The number of fused-ring (bicyclic) bond motifs is 1. The minimum absolute atomic E-state index is 0.211. The van der Waals surface area contributed by atoms with Crippen molar-refractivity contribution in [3.63, 3.8) is 0 Å². The minimum atomic E-state index is -0.696. The number of hydrogen-bond acceptors (Lipinski definition) is 5. The lowest BCUT2D eigenvalue weighted by molar-refractivity contribution is -0.135. The molecule has 8 nitrogen and oxygen atoms in total. The molecule has 2 amide bonds. The van der Waals surface area contributed by atoms with E-state index in [4.69, 9.17) is 15.9 Å². The van der Waals surface area contributed by atoms with Crippen molar-refractivity contribution in [1.29, 1.82) is 0 Å². The molecule has 32 heavy (non-hydrogen) atoms. The van der Waals surface area contributed by atoms with Gasteiger partial charge in [-0.25, -0.2) is 4.79 Å². The maximum absolute atomic E-state index is 12.8. The number of carbonyl (C=O) groups excluding carboxylic acids is 2. The van der Waals surface area contributed by atoms with Crippen LogP contribution in [-0.2, 0) is 26.1 Å². The molecule has 0 radical (unpaired) electrons. The molecule has 1 aromatic heterocycles. The Balaban J connectivity index is 1.57. The van der Waals surface area contributed by atoms with Gasteiger partial charge in [-0.3, -0.25) is 24.0 Å². The van der Waals surface area contributed by atoms with Crippen LogP contribution in [0.5, 0.6) is 0 Å². The van der Waals surface area contributed by atoms with Gasteiger partial charge in [0.05, 0.1) is 11.0 Å². The Bertz CT molecular complexity index is 1140. The molecule has 168 valence electrons. The second kappa shape index (κ2) is 11.3. The summed E-state index contributed by atoms with van der Waals surface area (Å²) < 4.78 is 13.7. The highest BCUT2D eigenvalue weighted by Gasteiger charge is 2.31. The van der Waals surface area contributed by atoms with Gasteiger partial charge in [-0.15, -0.1) is 6.42 Å². The molecule has 1 aliphatic rings. The second-order valence-electron chi connectivity index (χ2n) is 7.55. The van der Waals surface area contributed by atoms with Gasteiger partial charge in [0.15, 0.2) is 0 Å². The number of ether oxygens (including phenoxy) is 2. The molecule has 1 saturated heterocycles. The Morgan fingerprint density at radius 1 is 1.09 bits per heavy atom. The molecule has 1 atom stereocenters. The van der Waals surface area contributed by atoms with Crippen molar-refractivity contribution in [2.24, 2.45) is 7.05 Å². The predicted octanol–water partition coefficient (Wildman–Crippen LogP) is 1.51. The summed E-state index contributed by atoms with van der Waals surface area (Å²) in [4.78, 5) is 36.5. The number of aromatic nitrogens is 2. The molecule has 1 fully saturated rings. The molecule has 1 N–H and O–H groups in total. The average Bonchev–Trinajstić information content (AvgIpc) is 3.02. The van der Waals surface area contributed by atoms with Crippen molar-refractivity contribution in [1.82, 2.24) is 14.5 Å². The van der Waals surface area contributed by atoms with Crippen LogP contribution in [0.25, 0.3) is 11.0 Å². The first-order valence-electron chi connectivity index (χ1n) is 10.7. The summed E-state index contributed by atoms with van der Waals surface area (Å²) in [5.74, 6) is 7.71. The summed E-state index contributed by atoms with van der Waals surface area (Å²) in [5, 5.41) is 2.31. The molecule has 0 saturated carbocycles. The largest absolute Gasteiger partial charge is 0.369 e. The number of amides is 2. The third kappa shape index (κ3) is 5.67. The third-order valence-electron chi connectivity index (χ3n) is 5.28. The third-order valence-corrected chi connectivity index (χ3v) is 5.28. The second-order valence-corrected chi connectivity index (χ2v) is 7.55.